The summed E-state index contributed by atoms with van der Waals surface area (Å²) in [4.78, 5) is 4.33. The maximum absolute atomic E-state index is 5.78. The zero-order chi connectivity index (χ0) is 12.5. The van der Waals surface area contributed by atoms with Crippen LogP contribution < -0.4 is 11.1 Å². The molecular weight excluding hydrogens is 222 g/mol. The molecule has 1 aliphatic carbocycles. The molecule has 0 spiro atoms. The summed E-state index contributed by atoms with van der Waals surface area (Å²) >= 11 is 0. The molecule has 0 unspecified atom stereocenters. The number of nitrogens with one attached hydrogen (secondary N) is 1. The van der Waals surface area contributed by atoms with Gasteiger partial charge in [-0.1, -0.05) is 24.3 Å². The Hall–Kier alpha value is -2.03. The molecule has 18 heavy (non-hydrogen) atoms. The fourth-order valence-electron chi connectivity index (χ4n) is 2.52. The molecule has 3 N–H and O–H groups in total. The summed E-state index contributed by atoms with van der Waals surface area (Å²) < 4.78 is 0. The Kier molecular flexibility index (Phi) is 2.67. The molecule has 0 saturated carbocycles. The lowest BCUT2D eigenvalue weighted by Crippen LogP contribution is -2.20. The number of aryl methyl sites for hydroxylation is 1. The Labute approximate surface area is 107 Å². The first kappa shape index (κ1) is 11.1. The van der Waals surface area contributed by atoms with Crippen LogP contribution in [-0.4, -0.2) is 11.0 Å². The molecule has 92 valence electrons. The molecule has 2 aromatic rings. The number of rotatable bonds is 2. The Morgan fingerprint density at radius 3 is 2.50 bits per heavy atom. The van der Waals surface area contributed by atoms with Crippen LogP contribution in [0.1, 0.15) is 16.7 Å². The molecule has 3 rings (SSSR count). The molecule has 1 aromatic heterocycles. The van der Waals surface area contributed by atoms with Crippen LogP contribution in [0.5, 0.6) is 0 Å². The largest absolute Gasteiger partial charge is 0.397 e. The first-order valence-corrected chi connectivity index (χ1v) is 6.28. The number of aromatic nitrogens is 1. The lowest BCUT2D eigenvalue weighted by molar-refractivity contribution is 0.769. The van der Waals surface area contributed by atoms with Crippen molar-refractivity contribution >= 4 is 11.5 Å². The van der Waals surface area contributed by atoms with Gasteiger partial charge in [0, 0.05) is 6.04 Å². The van der Waals surface area contributed by atoms with Gasteiger partial charge < -0.3 is 11.1 Å². The zero-order valence-corrected chi connectivity index (χ0v) is 10.5. The van der Waals surface area contributed by atoms with Crippen molar-refractivity contribution in [2.75, 3.05) is 11.1 Å². The van der Waals surface area contributed by atoms with Gasteiger partial charge in [-0.05, 0) is 42.5 Å². The van der Waals surface area contributed by atoms with E-state index in [9.17, 15) is 0 Å². The minimum atomic E-state index is 0.443. The van der Waals surface area contributed by atoms with Crippen LogP contribution in [0.15, 0.2) is 36.5 Å². The standard InChI is InChI=1S/C15H17N3/c1-10-6-15(17-9-14(10)16)18-13-7-11-4-2-3-5-12(11)8-13/h2-6,9,13H,7-8,16H2,1H3,(H,17,18). The summed E-state index contributed by atoms with van der Waals surface area (Å²) in [5, 5.41) is 3.49. The third-order valence-corrected chi connectivity index (χ3v) is 3.55. The van der Waals surface area contributed by atoms with Gasteiger partial charge in [0.25, 0.3) is 0 Å². The van der Waals surface area contributed by atoms with E-state index in [1.165, 1.54) is 11.1 Å². The molecule has 3 heteroatoms. The van der Waals surface area contributed by atoms with Crippen LogP contribution in [-0.2, 0) is 12.8 Å². The SMILES string of the molecule is Cc1cc(NC2Cc3ccccc3C2)ncc1N. The van der Waals surface area contributed by atoms with Gasteiger partial charge in [-0.2, -0.15) is 0 Å². The monoisotopic (exact) mass is 239 g/mol. The minimum Gasteiger partial charge on any atom is -0.397 e. The summed E-state index contributed by atoms with van der Waals surface area (Å²) in [6.45, 7) is 2.01. The van der Waals surface area contributed by atoms with Gasteiger partial charge >= 0.3 is 0 Å². The topological polar surface area (TPSA) is 50.9 Å². The van der Waals surface area contributed by atoms with Crippen molar-refractivity contribution in [3.8, 4) is 0 Å². The maximum Gasteiger partial charge on any atom is 0.126 e. The number of nitrogen functional groups attached to an aromatic ring is 1. The van der Waals surface area contributed by atoms with Crippen molar-refractivity contribution in [1.82, 2.24) is 4.98 Å². The smallest absolute Gasteiger partial charge is 0.126 e. The van der Waals surface area contributed by atoms with Gasteiger partial charge in [-0.3, -0.25) is 0 Å². The molecule has 0 fully saturated rings. The number of benzene rings is 1. The highest BCUT2D eigenvalue weighted by Gasteiger charge is 2.20. The number of pyridine rings is 1. The molecule has 0 aliphatic heterocycles. The quantitative estimate of drug-likeness (QED) is 0.846. The Balaban J connectivity index is 1.74. The van der Waals surface area contributed by atoms with Crippen LogP contribution in [0.25, 0.3) is 0 Å². The van der Waals surface area contributed by atoms with Gasteiger partial charge in [0.2, 0.25) is 0 Å². The van der Waals surface area contributed by atoms with Crippen LogP contribution in [0, 0.1) is 6.92 Å². The second-order valence-corrected chi connectivity index (χ2v) is 4.94. The van der Waals surface area contributed by atoms with Crippen molar-refractivity contribution in [3.63, 3.8) is 0 Å². The van der Waals surface area contributed by atoms with Gasteiger partial charge in [0.15, 0.2) is 0 Å². The summed E-state index contributed by atoms with van der Waals surface area (Å²) in [6, 6.07) is 11.1. The molecule has 3 nitrogen and oxygen atoms in total. The molecule has 0 radical (unpaired) electrons. The highest BCUT2D eigenvalue weighted by atomic mass is 15.0. The third-order valence-electron chi connectivity index (χ3n) is 3.55. The lowest BCUT2D eigenvalue weighted by Gasteiger charge is -2.13. The highest BCUT2D eigenvalue weighted by Crippen LogP contribution is 2.24. The number of hydrogen-bond acceptors (Lipinski definition) is 3. The number of fused-ring (bicyclic) bond motifs is 1. The molecular formula is C15H17N3. The normalized spacial score (nSPS) is 14.5. The number of nitrogens with zero attached hydrogens (tertiary/aromatic N) is 1. The van der Waals surface area contributed by atoms with E-state index in [4.69, 9.17) is 5.73 Å². The summed E-state index contributed by atoms with van der Waals surface area (Å²) in [5.74, 6) is 0.916. The fraction of sp³-hybridized carbons (Fsp3) is 0.267. The summed E-state index contributed by atoms with van der Waals surface area (Å²) in [7, 11) is 0. The summed E-state index contributed by atoms with van der Waals surface area (Å²) in [5.41, 5.74) is 10.5. The van der Waals surface area contributed by atoms with E-state index in [1.807, 2.05) is 13.0 Å². The molecule has 0 atom stereocenters. The van der Waals surface area contributed by atoms with Gasteiger partial charge in [-0.25, -0.2) is 4.98 Å². The fourth-order valence-corrected chi connectivity index (χ4v) is 2.52. The summed E-state index contributed by atoms with van der Waals surface area (Å²) in [6.07, 6.45) is 3.86. The van der Waals surface area contributed by atoms with E-state index >= 15 is 0 Å². The van der Waals surface area contributed by atoms with E-state index < -0.39 is 0 Å². The highest BCUT2D eigenvalue weighted by molar-refractivity contribution is 5.52. The van der Waals surface area contributed by atoms with E-state index in [2.05, 4.69) is 34.6 Å². The Morgan fingerprint density at radius 1 is 1.22 bits per heavy atom. The molecule has 0 saturated heterocycles. The van der Waals surface area contributed by atoms with E-state index in [0.29, 0.717) is 6.04 Å². The third kappa shape index (κ3) is 2.04. The molecule has 0 bridgehead atoms. The average Bonchev–Trinajstić information content (AvgIpc) is 2.76. The van der Waals surface area contributed by atoms with Crippen molar-refractivity contribution in [2.24, 2.45) is 0 Å². The van der Waals surface area contributed by atoms with E-state index in [0.717, 1.165) is 29.9 Å². The van der Waals surface area contributed by atoms with Crippen LogP contribution >= 0.6 is 0 Å². The van der Waals surface area contributed by atoms with E-state index in [1.54, 1.807) is 6.20 Å². The molecule has 1 aromatic carbocycles. The van der Waals surface area contributed by atoms with Gasteiger partial charge in [0.05, 0.1) is 11.9 Å². The van der Waals surface area contributed by atoms with Crippen molar-refractivity contribution < 1.29 is 0 Å². The second kappa shape index (κ2) is 4.33. The second-order valence-electron chi connectivity index (χ2n) is 4.94. The van der Waals surface area contributed by atoms with E-state index in [-0.39, 0.29) is 0 Å². The predicted octanol–water partition coefficient (Wildman–Crippen LogP) is 2.55. The lowest BCUT2D eigenvalue weighted by atomic mass is 10.1. The molecule has 1 aliphatic rings. The number of hydrogen-bond donors (Lipinski definition) is 2. The first-order valence-electron chi connectivity index (χ1n) is 6.28. The Bertz CT molecular complexity index is 553. The molecule has 0 amide bonds. The van der Waals surface area contributed by atoms with Crippen molar-refractivity contribution in [3.05, 3.63) is 53.2 Å². The van der Waals surface area contributed by atoms with Crippen LogP contribution in [0.4, 0.5) is 11.5 Å². The Morgan fingerprint density at radius 2 is 1.89 bits per heavy atom. The van der Waals surface area contributed by atoms with Gasteiger partial charge in [-0.15, -0.1) is 0 Å². The van der Waals surface area contributed by atoms with Gasteiger partial charge in [0.1, 0.15) is 5.82 Å². The first-order chi connectivity index (χ1) is 8.72. The molecule has 1 heterocycles. The zero-order valence-electron chi connectivity index (χ0n) is 10.5. The van der Waals surface area contributed by atoms with Crippen molar-refractivity contribution in [1.29, 1.82) is 0 Å². The predicted molar refractivity (Wildman–Crippen MR) is 74.6 cm³/mol. The minimum absolute atomic E-state index is 0.443. The van der Waals surface area contributed by atoms with Crippen LogP contribution in [0.2, 0.25) is 0 Å². The van der Waals surface area contributed by atoms with Crippen LogP contribution in [0.3, 0.4) is 0 Å². The average molecular weight is 239 g/mol. The number of nitrogens with two attached hydrogens (primary N) is 1. The number of anilines is 2. The van der Waals surface area contributed by atoms with Crippen molar-refractivity contribution in [2.45, 2.75) is 25.8 Å². The maximum atomic E-state index is 5.78.